The first-order valence-electron chi connectivity index (χ1n) is 7.67. The molecule has 0 bridgehead atoms. The molecule has 138 valence electrons. The van der Waals surface area contributed by atoms with Gasteiger partial charge in [-0.15, -0.1) is 0 Å². The number of sulfonamides is 1. The van der Waals surface area contributed by atoms with Crippen molar-refractivity contribution >= 4 is 21.9 Å². The van der Waals surface area contributed by atoms with Gasteiger partial charge in [0.25, 0.3) is 5.91 Å². The quantitative estimate of drug-likeness (QED) is 0.721. The molecule has 1 atom stereocenters. The van der Waals surface area contributed by atoms with E-state index in [0.717, 1.165) is 16.3 Å². The number of morpholine rings is 1. The fourth-order valence-electron chi connectivity index (χ4n) is 2.49. The Morgan fingerprint density at radius 2 is 2.16 bits per heavy atom. The average Bonchev–Trinajstić information content (AvgIpc) is 2.53. The van der Waals surface area contributed by atoms with Crippen molar-refractivity contribution in [1.82, 2.24) is 14.2 Å². The molecule has 1 unspecified atom stereocenters. The van der Waals surface area contributed by atoms with E-state index < -0.39 is 28.6 Å². The fourth-order valence-corrected chi connectivity index (χ4v) is 3.27. The summed E-state index contributed by atoms with van der Waals surface area (Å²) in [5.41, 5.74) is 1.24. The fraction of sp³-hybridized carbons (Fsp3) is 0.533. The largest absolute Gasteiger partial charge is 0.480 e. The molecule has 10 heteroatoms. The lowest BCUT2D eigenvalue weighted by Crippen LogP contribution is -2.51. The second-order valence-electron chi connectivity index (χ2n) is 5.88. The van der Waals surface area contributed by atoms with Crippen molar-refractivity contribution in [2.75, 3.05) is 39.0 Å². The highest BCUT2D eigenvalue weighted by Gasteiger charge is 2.30. The van der Waals surface area contributed by atoms with Gasteiger partial charge in [0.15, 0.2) is 0 Å². The van der Waals surface area contributed by atoms with Crippen LogP contribution in [0.15, 0.2) is 18.3 Å². The van der Waals surface area contributed by atoms with E-state index in [1.54, 1.807) is 17.0 Å². The zero-order valence-electron chi connectivity index (χ0n) is 14.1. The van der Waals surface area contributed by atoms with Crippen molar-refractivity contribution < 1.29 is 27.9 Å². The standard InChI is InChI=1S/C15H21N3O6S/c1-11-3-4-12(7-16-11)15(21)17-5-6-24-13(8-17)9-18(10-14(19)20)25(2,22)23/h3-4,7,13H,5-6,8-10H2,1-2H3,(H,19,20). The number of carbonyl (C=O) groups excluding carboxylic acids is 1. The SMILES string of the molecule is Cc1ccc(C(=O)N2CCOC(CN(CC(=O)O)S(C)(=O)=O)C2)cn1. The van der Waals surface area contributed by atoms with Gasteiger partial charge >= 0.3 is 5.97 Å². The van der Waals surface area contributed by atoms with Crippen molar-refractivity contribution in [1.29, 1.82) is 0 Å². The molecule has 1 aromatic heterocycles. The van der Waals surface area contributed by atoms with E-state index in [0.29, 0.717) is 12.1 Å². The lowest BCUT2D eigenvalue weighted by Gasteiger charge is -2.34. The van der Waals surface area contributed by atoms with E-state index in [-0.39, 0.29) is 25.6 Å². The van der Waals surface area contributed by atoms with Crippen LogP contribution >= 0.6 is 0 Å². The molecule has 2 heterocycles. The van der Waals surface area contributed by atoms with Crippen LogP contribution in [0, 0.1) is 6.92 Å². The maximum atomic E-state index is 12.5. The van der Waals surface area contributed by atoms with E-state index in [9.17, 15) is 18.0 Å². The van der Waals surface area contributed by atoms with Crippen LogP contribution in [0.25, 0.3) is 0 Å². The maximum Gasteiger partial charge on any atom is 0.318 e. The monoisotopic (exact) mass is 371 g/mol. The highest BCUT2D eigenvalue weighted by atomic mass is 32.2. The molecule has 0 radical (unpaired) electrons. The average molecular weight is 371 g/mol. The molecule has 1 fully saturated rings. The van der Waals surface area contributed by atoms with Gasteiger partial charge in [-0.2, -0.15) is 4.31 Å². The number of hydrogen-bond acceptors (Lipinski definition) is 6. The normalized spacial score (nSPS) is 18.4. The van der Waals surface area contributed by atoms with Crippen molar-refractivity contribution in [2.45, 2.75) is 13.0 Å². The number of rotatable bonds is 6. The van der Waals surface area contributed by atoms with Crippen LogP contribution in [0.3, 0.4) is 0 Å². The van der Waals surface area contributed by atoms with E-state index >= 15 is 0 Å². The number of nitrogens with zero attached hydrogens (tertiary/aromatic N) is 3. The Morgan fingerprint density at radius 3 is 2.72 bits per heavy atom. The Balaban J connectivity index is 2.05. The number of pyridine rings is 1. The van der Waals surface area contributed by atoms with Crippen LogP contribution in [0.2, 0.25) is 0 Å². The summed E-state index contributed by atoms with van der Waals surface area (Å²) in [6, 6.07) is 3.42. The van der Waals surface area contributed by atoms with Gasteiger partial charge in [0, 0.05) is 31.5 Å². The van der Waals surface area contributed by atoms with Crippen molar-refractivity contribution in [2.24, 2.45) is 0 Å². The first kappa shape index (κ1) is 19.3. The van der Waals surface area contributed by atoms with Gasteiger partial charge in [-0.05, 0) is 19.1 Å². The van der Waals surface area contributed by atoms with Crippen molar-refractivity contribution in [3.8, 4) is 0 Å². The van der Waals surface area contributed by atoms with Crippen LogP contribution in [0.1, 0.15) is 16.1 Å². The second-order valence-corrected chi connectivity index (χ2v) is 7.86. The molecule has 0 spiro atoms. The third-order valence-corrected chi connectivity index (χ3v) is 4.99. The highest BCUT2D eigenvalue weighted by Crippen LogP contribution is 2.13. The van der Waals surface area contributed by atoms with Gasteiger partial charge in [0.05, 0.1) is 24.5 Å². The molecular weight excluding hydrogens is 350 g/mol. The molecule has 1 amide bonds. The number of carbonyl (C=O) groups is 2. The smallest absolute Gasteiger partial charge is 0.318 e. The van der Waals surface area contributed by atoms with Crippen LogP contribution in [-0.4, -0.2) is 84.7 Å². The van der Waals surface area contributed by atoms with E-state index in [1.165, 1.54) is 6.20 Å². The minimum atomic E-state index is -3.69. The number of aliphatic carboxylic acids is 1. The predicted molar refractivity (Wildman–Crippen MR) is 88.7 cm³/mol. The third kappa shape index (κ3) is 5.48. The molecule has 1 saturated heterocycles. The molecule has 0 saturated carbocycles. The molecule has 9 nitrogen and oxygen atoms in total. The predicted octanol–water partition coefficient (Wildman–Crippen LogP) is -0.423. The summed E-state index contributed by atoms with van der Waals surface area (Å²) in [5, 5.41) is 8.87. The number of carboxylic acid groups (broad SMARTS) is 1. The van der Waals surface area contributed by atoms with Gasteiger partial charge in [-0.3, -0.25) is 14.6 Å². The number of ether oxygens (including phenoxy) is 1. The molecule has 1 aliphatic heterocycles. The van der Waals surface area contributed by atoms with Gasteiger partial charge in [-0.1, -0.05) is 0 Å². The minimum absolute atomic E-state index is 0.124. The van der Waals surface area contributed by atoms with Gasteiger partial charge < -0.3 is 14.7 Å². The Morgan fingerprint density at radius 1 is 1.44 bits per heavy atom. The van der Waals surface area contributed by atoms with Crippen LogP contribution in [0.5, 0.6) is 0 Å². The number of aryl methyl sites for hydroxylation is 1. The van der Waals surface area contributed by atoms with Gasteiger partial charge in [0.2, 0.25) is 10.0 Å². The summed E-state index contributed by atoms with van der Waals surface area (Å²) in [5.74, 6) is -1.47. The minimum Gasteiger partial charge on any atom is -0.480 e. The molecule has 2 rings (SSSR count). The topological polar surface area (TPSA) is 117 Å². The molecule has 0 aliphatic carbocycles. The Kier molecular flexibility index (Phi) is 6.09. The van der Waals surface area contributed by atoms with E-state index in [2.05, 4.69) is 4.98 Å². The summed E-state index contributed by atoms with van der Waals surface area (Å²) in [4.78, 5) is 29.0. The van der Waals surface area contributed by atoms with Crippen LogP contribution in [0.4, 0.5) is 0 Å². The lowest BCUT2D eigenvalue weighted by atomic mass is 10.2. The Bertz CT molecular complexity index is 734. The number of carboxylic acids is 1. The van der Waals surface area contributed by atoms with Crippen LogP contribution < -0.4 is 0 Å². The Hall–Kier alpha value is -2.04. The first-order valence-corrected chi connectivity index (χ1v) is 9.52. The first-order chi connectivity index (χ1) is 11.7. The van der Waals surface area contributed by atoms with E-state index in [4.69, 9.17) is 9.84 Å². The summed E-state index contributed by atoms with van der Waals surface area (Å²) in [6.45, 7) is 1.86. The molecule has 1 N–H and O–H groups in total. The van der Waals surface area contributed by atoms with Gasteiger partial charge in [0.1, 0.15) is 6.54 Å². The summed E-state index contributed by atoms with van der Waals surface area (Å²) in [7, 11) is -3.69. The summed E-state index contributed by atoms with van der Waals surface area (Å²) >= 11 is 0. The summed E-state index contributed by atoms with van der Waals surface area (Å²) < 4.78 is 29.8. The number of hydrogen-bond donors (Lipinski definition) is 1. The number of amides is 1. The van der Waals surface area contributed by atoms with Crippen molar-refractivity contribution in [3.05, 3.63) is 29.6 Å². The summed E-state index contributed by atoms with van der Waals surface area (Å²) in [6.07, 6.45) is 1.85. The lowest BCUT2D eigenvalue weighted by molar-refractivity contribution is -0.137. The third-order valence-electron chi connectivity index (χ3n) is 3.77. The van der Waals surface area contributed by atoms with Crippen molar-refractivity contribution in [3.63, 3.8) is 0 Å². The second kappa shape index (κ2) is 7.89. The van der Waals surface area contributed by atoms with Crippen LogP contribution in [-0.2, 0) is 19.6 Å². The molecular formula is C15H21N3O6S. The zero-order valence-corrected chi connectivity index (χ0v) is 14.9. The Labute approximate surface area is 146 Å². The van der Waals surface area contributed by atoms with Gasteiger partial charge in [-0.25, -0.2) is 8.42 Å². The molecule has 1 aromatic rings. The van der Waals surface area contributed by atoms with E-state index in [1.807, 2.05) is 6.92 Å². The molecule has 0 aromatic carbocycles. The highest BCUT2D eigenvalue weighted by molar-refractivity contribution is 7.88. The molecule has 1 aliphatic rings. The zero-order chi connectivity index (χ0) is 18.6. The maximum absolute atomic E-state index is 12.5. The number of aromatic nitrogens is 1. The molecule has 25 heavy (non-hydrogen) atoms.